The predicted octanol–water partition coefficient (Wildman–Crippen LogP) is 5.93. The number of nitrogens with zero attached hydrogens (tertiary/aromatic N) is 2. The molecule has 2 unspecified atom stereocenters. The molecule has 186 valence electrons. The zero-order valence-corrected chi connectivity index (χ0v) is 22.0. The number of fused-ring (bicyclic) bond motifs is 1. The van der Waals surface area contributed by atoms with Gasteiger partial charge in [-0.25, -0.2) is 0 Å². The molecule has 2 N–H and O–H groups in total. The molecule has 4 heterocycles. The van der Waals surface area contributed by atoms with E-state index in [0.29, 0.717) is 11.3 Å². The first-order valence-corrected chi connectivity index (χ1v) is 13.3. The van der Waals surface area contributed by atoms with Crippen LogP contribution in [0.5, 0.6) is 0 Å². The van der Waals surface area contributed by atoms with E-state index in [1.807, 2.05) is 13.1 Å². The van der Waals surface area contributed by atoms with Gasteiger partial charge >= 0.3 is 0 Å². The number of amides is 1. The molecular formula is C30H40N4O. The molecule has 2 fully saturated rings. The van der Waals surface area contributed by atoms with Crippen molar-refractivity contribution in [3.05, 3.63) is 53.3 Å². The maximum Gasteiger partial charge on any atom is 0.230 e. The number of carbonyl (C=O) groups is 1. The SMILES string of the molecule is Cc1cc(-c2[nH]c3ccc(C4(C)CCCC5(CCNC4=O)CCN(C)C5)cc3c2C(C)C)ccn1. The van der Waals surface area contributed by atoms with Crippen LogP contribution < -0.4 is 5.32 Å². The molecule has 2 atom stereocenters. The maximum atomic E-state index is 13.6. The number of hydrogen-bond acceptors (Lipinski definition) is 3. The average molecular weight is 473 g/mol. The lowest BCUT2D eigenvalue weighted by molar-refractivity contribution is -0.126. The maximum absolute atomic E-state index is 13.6. The highest BCUT2D eigenvalue weighted by Crippen LogP contribution is 2.43. The Morgan fingerprint density at radius 3 is 2.63 bits per heavy atom. The quantitative estimate of drug-likeness (QED) is 0.497. The van der Waals surface area contributed by atoms with E-state index in [4.69, 9.17) is 0 Å². The van der Waals surface area contributed by atoms with E-state index in [2.05, 4.69) is 78.3 Å². The first-order valence-electron chi connectivity index (χ1n) is 13.3. The van der Waals surface area contributed by atoms with E-state index in [0.717, 1.165) is 60.4 Å². The van der Waals surface area contributed by atoms with Gasteiger partial charge in [-0.15, -0.1) is 0 Å². The lowest BCUT2D eigenvalue weighted by Crippen LogP contribution is -2.42. The van der Waals surface area contributed by atoms with Gasteiger partial charge in [-0.2, -0.15) is 0 Å². The topological polar surface area (TPSA) is 61.0 Å². The van der Waals surface area contributed by atoms with E-state index in [-0.39, 0.29) is 5.91 Å². The van der Waals surface area contributed by atoms with Gasteiger partial charge in [-0.3, -0.25) is 9.78 Å². The van der Waals surface area contributed by atoms with Crippen LogP contribution >= 0.6 is 0 Å². The van der Waals surface area contributed by atoms with Crippen molar-refractivity contribution in [3.8, 4) is 11.3 Å². The lowest BCUT2D eigenvalue weighted by Gasteiger charge is -2.29. The van der Waals surface area contributed by atoms with Crippen molar-refractivity contribution >= 4 is 16.8 Å². The molecule has 0 bridgehead atoms. The van der Waals surface area contributed by atoms with Gasteiger partial charge in [0.05, 0.1) is 11.1 Å². The number of H-pyrrole nitrogens is 1. The van der Waals surface area contributed by atoms with E-state index in [1.54, 1.807) is 0 Å². The van der Waals surface area contributed by atoms with Gasteiger partial charge in [0.25, 0.3) is 0 Å². The third-order valence-corrected chi connectivity index (χ3v) is 8.69. The number of rotatable bonds is 3. The zero-order chi connectivity index (χ0) is 24.8. The Morgan fingerprint density at radius 2 is 1.91 bits per heavy atom. The van der Waals surface area contributed by atoms with Gasteiger partial charge in [0.1, 0.15) is 0 Å². The predicted molar refractivity (Wildman–Crippen MR) is 144 cm³/mol. The van der Waals surface area contributed by atoms with Crippen LogP contribution in [0.25, 0.3) is 22.2 Å². The van der Waals surface area contributed by atoms with Crippen LogP contribution in [0.3, 0.4) is 0 Å². The zero-order valence-electron chi connectivity index (χ0n) is 22.0. The third kappa shape index (κ3) is 4.40. The van der Waals surface area contributed by atoms with Crippen LogP contribution in [0.1, 0.15) is 75.6 Å². The summed E-state index contributed by atoms with van der Waals surface area (Å²) in [4.78, 5) is 24.1. The van der Waals surface area contributed by atoms with Crippen molar-refractivity contribution in [2.24, 2.45) is 5.41 Å². The van der Waals surface area contributed by atoms with Crippen molar-refractivity contribution in [3.63, 3.8) is 0 Å². The molecule has 1 spiro atoms. The summed E-state index contributed by atoms with van der Waals surface area (Å²) in [6.07, 6.45) is 7.39. The van der Waals surface area contributed by atoms with Crippen molar-refractivity contribution in [1.82, 2.24) is 20.2 Å². The molecule has 2 aromatic heterocycles. The van der Waals surface area contributed by atoms with E-state index >= 15 is 0 Å². The molecule has 0 radical (unpaired) electrons. The van der Waals surface area contributed by atoms with Crippen LogP contribution in [0.2, 0.25) is 0 Å². The monoisotopic (exact) mass is 472 g/mol. The number of likely N-dealkylation sites (tertiary alicyclic amines) is 1. The number of aromatic nitrogens is 2. The van der Waals surface area contributed by atoms with Crippen LogP contribution in [0.4, 0.5) is 0 Å². The Kier molecular flexibility index (Phi) is 6.25. The number of pyridine rings is 1. The molecular weight excluding hydrogens is 432 g/mol. The Balaban J connectivity index is 1.53. The summed E-state index contributed by atoms with van der Waals surface area (Å²) in [7, 11) is 2.23. The van der Waals surface area contributed by atoms with Gasteiger partial charge in [-0.1, -0.05) is 26.3 Å². The highest BCUT2D eigenvalue weighted by Gasteiger charge is 2.41. The summed E-state index contributed by atoms with van der Waals surface area (Å²) in [6.45, 7) is 11.8. The first kappa shape index (κ1) is 24.1. The minimum Gasteiger partial charge on any atom is -0.355 e. The Bertz CT molecular complexity index is 1240. The van der Waals surface area contributed by atoms with E-state index in [1.165, 1.54) is 30.3 Å². The second-order valence-corrected chi connectivity index (χ2v) is 11.7. The summed E-state index contributed by atoms with van der Waals surface area (Å²) >= 11 is 0. The van der Waals surface area contributed by atoms with Crippen molar-refractivity contribution < 1.29 is 4.79 Å². The number of carbonyl (C=O) groups excluding carboxylic acids is 1. The second-order valence-electron chi connectivity index (χ2n) is 11.7. The molecule has 1 aromatic carbocycles. The fraction of sp³-hybridized carbons (Fsp3) is 0.533. The van der Waals surface area contributed by atoms with Crippen molar-refractivity contribution in [2.75, 3.05) is 26.7 Å². The van der Waals surface area contributed by atoms with Gasteiger partial charge in [0.15, 0.2) is 0 Å². The third-order valence-electron chi connectivity index (χ3n) is 8.69. The van der Waals surface area contributed by atoms with Gasteiger partial charge in [-0.05, 0) is 99.8 Å². The summed E-state index contributed by atoms with van der Waals surface area (Å²) in [5.74, 6) is 0.524. The average Bonchev–Trinajstić information content (AvgIpc) is 3.39. The minimum atomic E-state index is -0.525. The fourth-order valence-electron chi connectivity index (χ4n) is 6.62. The number of aryl methyl sites for hydroxylation is 1. The molecule has 5 nitrogen and oxygen atoms in total. The molecule has 2 aliphatic heterocycles. The number of aromatic amines is 1. The fourth-order valence-corrected chi connectivity index (χ4v) is 6.62. The van der Waals surface area contributed by atoms with Crippen molar-refractivity contribution in [2.45, 2.75) is 71.1 Å². The largest absolute Gasteiger partial charge is 0.355 e. The molecule has 5 heteroatoms. The molecule has 5 rings (SSSR count). The normalized spacial score (nSPS) is 26.2. The summed E-state index contributed by atoms with van der Waals surface area (Å²) in [5.41, 5.74) is 6.74. The molecule has 35 heavy (non-hydrogen) atoms. The second kappa shape index (κ2) is 9.09. The van der Waals surface area contributed by atoms with Gasteiger partial charge in [0.2, 0.25) is 5.91 Å². The van der Waals surface area contributed by atoms with Gasteiger partial charge in [0, 0.05) is 41.4 Å². The van der Waals surface area contributed by atoms with Crippen LogP contribution in [0, 0.1) is 12.3 Å². The number of nitrogens with one attached hydrogen (secondary N) is 2. The Hall–Kier alpha value is -2.66. The number of benzene rings is 1. The Morgan fingerprint density at radius 1 is 1.09 bits per heavy atom. The van der Waals surface area contributed by atoms with Crippen LogP contribution in [-0.4, -0.2) is 47.5 Å². The highest BCUT2D eigenvalue weighted by molar-refractivity contribution is 5.94. The molecule has 0 saturated carbocycles. The van der Waals surface area contributed by atoms with Crippen LogP contribution in [0.15, 0.2) is 36.5 Å². The minimum absolute atomic E-state index is 0.173. The molecule has 2 aliphatic rings. The molecule has 2 saturated heterocycles. The van der Waals surface area contributed by atoms with E-state index < -0.39 is 5.41 Å². The van der Waals surface area contributed by atoms with Crippen molar-refractivity contribution in [1.29, 1.82) is 0 Å². The summed E-state index contributed by atoms with van der Waals surface area (Å²) < 4.78 is 0. The molecule has 1 amide bonds. The summed E-state index contributed by atoms with van der Waals surface area (Å²) in [5, 5.41) is 4.56. The standard InChI is InChI=1S/C30H40N4O/c1-20(2)26-24-18-23(7-8-25(24)33-27(26)22-9-14-31-21(3)17-22)29(4)10-6-11-30(12-15-32-28(29)35)13-16-34(5)19-30/h7-9,14,17-18,20,33H,6,10-13,15-16,19H2,1-5H3,(H,32,35). The Labute approximate surface area is 209 Å². The smallest absolute Gasteiger partial charge is 0.230 e. The summed E-state index contributed by atoms with van der Waals surface area (Å²) in [6, 6.07) is 10.8. The van der Waals surface area contributed by atoms with Crippen LogP contribution in [-0.2, 0) is 10.2 Å². The molecule has 0 aliphatic carbocycles. The molecule has 3 aromatic rings. The van der Waals surface area contributed by atoms with Gasteiger partial charge < -0.3 is 15.2 Å². The first-order chi connectivity index (χ1) is 16.7. The lowest BCUT2D eigenvalue weighted by atomic mass is 9.74. The van der Waals surface area contributed by atoms with E-state index in [9.17, 15) is 4.79 Å². The highest BCUT2D eigenvalue weighted by atomic mass is 16.2. The number of hydrogen-bond donors (Lipinski definition) is 2.